The largest absolute Gasteiger partial charge is 0.399 e. The van der Waals surface area contributed by atoms with Gasteiger partial charge in [-0.2, -0.15) is 0 Å². The lowest BCUT2D eigenvalue weighted by atomic mass is 10.2. The van der Waals surface area contributed by atoms with Crippen molar-refractivity contribution in [2.45, 2.75) is 24.0 Å². The number of hydrogen-bond acceptors (Lipinski definition) is 3. The number of nitrogen functional groups attached to an aromatic ring is 1. The van der Waals surface area contributed by atoms with Crippen LogP contribution in [0.1, 0.15) is 12.5 Å². The summed E-state index contributed by atoms with van der Waals surface area (Å²) in [4.78, 5) is 12.4. The minimum Gasteiger partial charge on any atom is -0.399 e. The van der Waals surface area contributed by atoms with Crippen molar-refractivity contribution in [2.24, 2.45) is 0 Å². The molecular weight excluding hydrogens is 208 g/mol. The maximum atomic E-state index is 11.3. The smallest absolute Gasteiger partial charge is 0.232 e. The maximum Gasteiger partial charge on any atom is 0.232 e. The number of thioether (sulfide) groups is 1. The lowest BCUT2D eigenvalue weighted by molar-refractivity contribution is -0.119. The third-order valence-corrected chi connectivity index (χ3v) is 3.26. The fourth-order valence-corrected chi connectivity index (χ4v) is 2.21. The fraction of sp³-hybridized carbons (Fsp3) is 0.364. The molecule has 1 amide bonds. The SMILES string of the molecule is CNC(=O)C(C)Sc1ccc(N)c(C)c1. The van der Waals surface area contributed by atoms with Crippen molar-refractivity contribution in [3.05, 3.63) is 23.8 Å². The van der Waals surface area contributed by atoms with E-state index in [2.05, 4.69) is 5.32 Å². The third-order valence-electron chi connectivity index (χ3n) is 2.17. The number of amides is 1. The van der Waals surface area contributed by atoms with Gasteiger partial charge in [-0.25, -0.2) is 0 Å². The number of hydrogen-bond donors (Lipinski definition) is 2. The van der Waals surface area contributed by atoms with E-state index in [9.17, 15) is 4.79 Å². The van der Waals surface area contributed by atoms with E-state index in [0.29, 0.717) is 0 Å². The van der Waals surface area contributed by atoms with E-state index in [1.165, 1.54) is 11.8 Å². The van der Waals surface area contributed by atoms with Crippen molar-refractivity contribution in [2.75, 3.05) is 12.8 Å². The Morgan fingerprint density at radius 2 is 2.20 bits per heavy atom. The number of rotatable bonds is 3. The molecule has 0 aliphatic rings. The minimum atomic E-state index is -0.0852. The van der Waals surface area contributed by atoms with Crippen LogP contribution in [0.4, 0.5) is 5.69 Å². The highest BCUT2D eigenvalue weighted by Gasteiger charge is 2.12. The molecule has 1 aromatic rings. The number of nitrogens with one attached hydrogen (secondary N) is 1. The van der Waals surface area contributed by atoms with E-state index in [-0.39, 0.29) is 11.2 Å². The Kier molecular flexibility index (Phi) is 4.03. The summed E-state index contributed by atoms with van der Waals surface area (Å²) >= 11 is 1.53. The molecule has 0 saturated carbocycles. The van der Waals surface area contributed by atoms with Crippen molar-refractivity contribution in [3.8, 4) is 0 Å². The lowest BCUT2D eigenvalue weighted by Crippen LogP contribution is -2.27. The van der Waals surface area contributed by atoms with Gasteiger partial charge in [0.15, 0.2) is 0 Å². The van der Waals surface area contributed by atoms with Crippen LogP contribution < -0.4 is 11.1 Å². The fourth-order valence-electron chi connectivity index (χ4n) is 1.18. The second-order valence-corrected chi connectivity index (χ2v) is 4.81. The van der Waals surface area contributed by atoms with Crippen molar-refractivity contribution in [1.29, 1.82) is 0 Å². The summed E-state index contributed by atoms with van der Waals surface area (Å²) in [6.45, 7) is 3.85. The number of carbonyl (C=O) groups is 1. The molecule has 3 N–H and O–H groups in total. The molecule has 0 heterocycles. The first kappa shape index (κ1) is 11.9. The molecule has 0 spiro atoms. The summed E-state index contributed by atoms with van der Waals surface area (Å²) in [5.74, 6) is 0.0366. The standard InChI is InChI=1S/C11H16N2OS/c1-7-6-9(4-5-10(7)12)15-8(2)11(14)13-3/h4-6,8H,12H2,1-3H3,(H,13,14). The summed E-state index contributed by atoms with van der Waals surface area (Å²) in [5, 5.41) is 2.54. The van der Waals surface area contributed by atoms with Gasteiger partial charge in [-0.05, 0) is 37.6 Å². The second-order valence-electron chi connectivity index (χ2n) is 3.39. The predicted octanol–water partition coefficient (Wildman–Crippen LogP) is 1.80. The molecule has 0 aliphatic carbocycles. The van der Waals surface area contributed by atoms with E-state index >= 15 is 0 Å². The monoisotopic (exact) mass is 224 g/mol. The van der Waals surface area contributed by atoms with E-state index in [4.69, 9.17) is 5.73 Å². The number of carbonyl (C=O) groups excluding carboxylic acids is 1. The molecule has 82 valence electrons. The number of anilines is 1. The summed E-state index contributed by atoms with van der Waals surface area (Å²) < 4.78 is 0. The highest BCUT2D eigenvalue weighted by Crippen LogP contribution is 2.26. The van der Waals surface area contributed by atoms with Crippen LogP contribution in [0, 0.1) is 6.92 Å². The highest BCUT2D eigenvalue weighted by molar-refractivity contribution is 8.00. The molecule has 1 atom stereocenters. The summed E-state index contributed by atoms with van der Waals surface area (Å²) in [6.07, 6.45) is 0. The second kappa shape index (κ2) is 5.07. The van der Waals surface area contributed by atoms with Gasteiger partial charge in [-0.3, -0.25) is 4.79 Å². The van der Waals surface area contributed by atoms with Crippen LogP contribution in [0.15, 0.2) is 23.1 Å². The minimum absolute atomic E-state index is 0.0366. The Labute approximate surface area is 94.4 Å². The van der Waals surface area contributed by atoms with Crippen LogP contribution in [0.3, 0.4) is 0 Å². The Balaban J connectivity index is 2.73. The molecule has 0 bridgehead atoms. The van der Waals surface area contributed by atoms with Gasteiger partial charge in [0.25, 0.3) is 0 Å². The van der Waals surface area contributed by atoms with E-state index in [0.717, 1.165) is 16.1 Å². The molecule has 1 unspecified atom stereocenters. The van der Waals surface area contributed by atoms with Crippen LogP contribution in [0.2, 0.25) is 0 Å². The molecule has 0 fully saturated rings. The first-order chi connectivity index (χ1) is 7.04. The zero-order chi connectivity index (χ0) is 11.4. The van der Waals surface area contributed by atoms with Gasteiger partial charge in [0.05, 0.1) is 5.25 Å². The maximum absolute atomic E-state index is 11.3. The molecule has 0 aromatic heterocycles. The van der Waals surface area contributed by atoms with Gasteiger partial charge in [-0.1, -0.05) is 0 Å². The lowest BCUT2D eigenvalue weighted by Gasteiger charge is -2.10. The van der Waals surface area contributed by atoms with Gasteiger partial charge in [0.2, 0.25) is 5.91 Å². The van der Waals surface area contributed by atoms with Gasteiger partial charge >= 0.3 is 0 Å². The highest BCUT2D eigenvalue weighted by atomic mass is 32.2. The van der Waals surface area contributed by atoms with E-state index in [1.54, 1.807) is 7.05 Å². The van der Waals surface area contributed by atoms with Crippen LogP contribution in [0.25, 0.3) is 0 Å². The molecule has 1 rings (SSSR count). The van der Waals surface area contributed by atoms with E-state index in [1.807, 2.05) is 32.0 Å². The molecule has 0 radical (unpaired) electrons. The zero-order valence-corrected chi connectivity index (χ0v) is 10.0. The quantitative estimate of drug-likeness (QED) is 0.608. The molecule has 1 aromatic carbocycles. The van der Waals surface area contributed by atoms with Crippen LogP contribution in [0.5, 0.6) is 0 Å². The van der Waals surface area contributed by atoms with Gasteiger partial charge < -0.3 is 11.1 Å². The summed E-state index contributed by atoms with van der Waals surface area (Å²) in [5.41, 5.74) is 7.55. The van der Waals surface area contributed by atoms with Crippen LogP contribution in [-0.2, 0) is 4.79 Å². The molecule has 15 heavy (non-hydrogen) atoms. The Hall–Kier alpha value is -1.16. The molecule has 0 saturated heterocycles. The number of aryl methyl sites for hydroxylation is 1. The Morgan fingerprint density at radius 1 is 1.53 bits per heavy atom. The Morgan fingerprint density at radius 3 is 2.73 bits per heavy atom. The van der Waals surface area contributed by atoms with Crippen molar-refractivity contribution < 1.29 is 4.79 Å². The molecule has 4 heteroatoms. The van der Waals surface area contributed by atoms with Gasteiger partial charge in [0, 0.05) is 17.6 Å². The van der Waals surface area contributed by atoms with Gasteiger partial charge in [0.1, 0.15) is 0 Å². The number of benzene rings is 1. The summed E-state index contributed by atoms with van der Waals surface area (Å²) in [6, 6.07) is 5.81. The first-order valence-corrected chi connectivity index (χ1v) is 5.67. The van der Waals surface area contributed by atoms with Gasteiger partial charge in [-0.15, -0.1) is 11.8 Å². The predicted molar refractivity (Wildman–Crippen MR) is 65.0 cm³/mol. The first-order valence-electron chi connectivity index (χ1n) is 4.79. The third kappa shape index (κ3) is 3.16. The van der Waals surface area contributed by atoms with Crippen LogP contribution >= 0.6 is 11.8 Å². The van der Waals surface area contributed by atoms with Crippen molar-refractivity contribution >= 4 is 23.4 Å². The average molecular weight is 224 g/mol. The van der Waals surface area contributed by atoms with Crippen molar-refractivity contribution in [1.82, 2.24) is 5.32 Å². The molecule has 0 aliphatic heterocycles. The number of nitrogens with two attached hydrogens (primary N) is 1. The topological polar surface area (TPSA) is 55.1 Å². The summed E-state index contributed by atoms with van der Waals surface area (Å²) in [7, 11) is 1.65. The average Bonchev–Trinajstić information content (AvgIpc) is 2.22. The molecular formula is C11H16N2OS. The molecule has 3 nitrogen and oxygen atoms in total. The normalized spacial score (nSPS) is 12.2. The zero-order valence-electron chi connectivity index (χ0n) is 9.20. The Bertz CT molecular complexity index is 366. The van der Waals surface area contributed by atoms with Crippen LogP contribution in [-0.4, -0.2) is 18.2 Å². The van der Waals surface area contributed by atoms with E-state index < -0.39 is 0 Å². The van der Waals surface area contributed by atoms with Crippen molar-refractivity contribution in [3.63, 3.8) is 0 Å².